The van der Waals surface area contributed by atoms with Gasteiger partial charge in [-0.2, -0.15) is 0 Å². The minimum absolute atomic E-state index is 0.828. The lowest BCUT2D eigenvalue weighted by Gasteiger charge is -2.51. The van der Waals surface area contributed by atoms with Crippen molar-refractivity contribution >= 4 is 29.6 Å². The van der Waals surface area contributed by atoms with Crippen molar-refractivity contribution in [1.29, 1.82) is 0 Å². The highest BCUT2D eigenvalue weighted by Crippen LogP contribution is 2.41. The maximum atomic E-state index is 13.2. The largest absolute Gasteiger partial charge is 0.477 e. The number of hydrogen-bond acceptors (Lipinski definition) is 44. The summed E-state index contributed by atoms with van der Waals surface area (Å²) in [6, 6.07) is -7.62. The monoisotopic (exact) mass is 1580 g/mol. The van der Waals surface area contributed by atoms with Crippen LogP contribution in [0, 0.1) is 0 Å². The molecule has 29 N–H and O–H groups in total. The summed E-state index contributed by atoms with van der Waals surface area (Å²) in [6.07, 6.45) is -78.1. The van der Waals surface area contributed by atoms with E-state index in [4.69, 9.17) is 71.1 Å². The maximum Gasteiger partial charge on any atom is 0.364 e. The van der Waals surface area contributed by atoms with Gasteiger partial charge in [-0.1, -0.05) is 0 Å². The first kappa shape index (κ1) is 89.3. The molecule has 0 aliphatic carbocycles. The molecule has 0 saturated carbocycles. The fourth-order valence-corrected chi connectivity index (χ4v) is 13.7. The molecule has 41 atom stereocenters. The molecule has 0 aromatic carbocycles. The number of aliphatic hydroxyl groups excluding tert-OH is 24. The molecular formula is C59H98N4O45. The lowest BCUT2D eigenvalue weighted by Crippen LogP contribution is -2.71. The van der Waals surface area contributed by atoms with E-state index in [0.29, 0.717) is 0 Å². The molecule has 0 aromatic heterocycles. The van der Waals surface area contributed by atoms with Crippen molar-refractivity contribution in [1.82, 2.24) is 21.3 Å². The highest BCUT2D eigenvalue weighted by Gasteiger charge is 2.63. The van der Waals surface area contributed by atoms with Gasteiger partial charge in [0.2, 0.25) is 23.6 Å². The average Bonchev–Trinajstić information content (AvgIpc) is 0.757. The van der Waals surface area contributed by atoms with Crippen molar-refractivity contribution < 1.29 is 223 Å². The van der Waals surface area contributed by atoms with Crippen molar-refractivity contribution in [2.24, 2.45) is 0 Å². The Hall–Kier alpha value is -4.21. The summed E-state index contributed by atoms with van der Waals surface area (Å²) in [5.74, 6) is -9.59. The summed E-state index contributed by atoms with van der Waals surface area (Å²) >= 11 is 0. The van der Waals surface area contributed by atoms with Gasteiger partial charge < -0.3 is 220 Å². The Balaban J connectivity index is 1.09. The van der Waals surface area contributed by atoms with E-state index < -0.39 is 346 Å². The van der Waals surface area contributed by atoms with Crippen LogP contribution in [0.25, 0.3) is 0 Å². The molecule has 8 aliphatic rings. The van der Waals surface area contributed by atoms with Gasteiger partial charge in [0.1, 0.15) is 196 Å². The first-order chi connectivity index (χ1) is 51.0. The molecule has 8 fully saturated rings. The van der Waals surface area contributed by atoms with Crippen LogP contribution in [0.3, 0.4) is 0 Å². The van der Waals surface area contributed by atoms with Crippen molar-refractivity contribution in [3.8, 4) is 0 Å². The van der Waals surface area contributed by atoms with Crippen molar-refractivity contribution in [2.75, 3.05) is 59.5 Å². The van der Waals surface area contributed by atoms with Crippen molar-refractivity contribution in [2.45, 2.75) is 278 Å². The van der Waals surface area contributed by atoms with Gasteiger partial charge in [0.25, 0.3) is 5.79 Å². The first-order valence-corrected chi connectivity index (χ1v) is 33.9. The van der Waals surface area contributed by atoms with E-state index in [1.807, 2.05) is 0 Å². The summed E-state index contributed by atoms with van der Waals surface area (Å²) in [4.78, 5) is 64.0. The average molecular weight is 1580 g/mol. The Kier molecular flexibility index (Phi) is 32.1. The number of hydrogen-bond donors (Lipinski definition) is 29. The number of nitrogens with one attached hydrogen (secondary N) is 4. The molecule has 0 aromatic rings. The molecule has 8 heterocycles. The summed E-state index contributed by atoms with van der Waals surface area (Å²) in [6.45, 7) is -7.45. The fraction of sp³-hybridized carbons (Fsp3) is 0.915. The van der Waals surface area contributed by atoms with Gasteiger partial charge in [-0.05, 0) is 0 Å². The van der Waals surface area contributed by atoms with E-state index in [9.17, 15) is 152 Å². The number of ether oxygens (including phenoxy) is 15. The minimum atomic E-state index is -3.35. The third-order valence-electron chi connectivity index (χ3n) is 19.3. The van der Waals surface area contributed by atoms with E-state index in [1.165, 1.54) is 0 Å². The van der Waals surface area contributed by atoms with Gasteiger partial charge in [0.15, 0.2) is 44.0 Å². The van der Waals surface area contributed by atoms with Crippen LogP contribution in [-0.4, -0.2) is 468 Å². The van der Waals surface area contributed by atoms with Gasteiger partial charge in [0, 0.05) is 27.2 Å². The molecule has 0 spiro atoms. The van der Waals surface area contributed by atoms with Gasteiger partial charge in [0.05, 0.1) is 65.0 Å². The Morgan fingerprint density at radius 1 is 0.398 bits per heavy atom. The molecular weight excluding hydrogens is 1480 g/mol. The molecule has 624 valence electrons. The third-order valence-corrected chi connectivity index (χ3v) is 19.3. The predicted molar refractivity (Wildman–Crippen MR) is 329 cm³/mol. The molecule has 108 heavy (non-hydrogen) atoms. The number of carbonyl (C=O) groups is 5. The van der Waals surface area contributed by atoms with Crippen molar-refractivity contribution in [3.05, 3.63) is 0 Å². The molecule has 49 nitrogen and oxygen atoms in total. The number of rotatable bonds is 30. The highest BCUT2D eigenvalue weighted by atomic mass is 16.8. The normalized spacial score (nSPS) is 46.5. The third kappa shape index (κ3) is 19.6. The molecule has 0 unspecified atom stereocenters. The molecule has 49 heteroatoms. The standard InChI is InChI=1S/C59H98N4O45/c1-14(72)60-28-36(83)32(79)19(6-65)96-52(28)94-13-25-35(82)49(42(89)56(101-25)102-44-23(10-69)99-53(29(37(44)84)61-15(2)73)105-48-33(80)20(7-66)97-55(41(48)88)104-46-22(9-68)95-51(91)40(87)39(46)86)106-54-30(62-16(3)74)38(85)45(24(11-70)100-54)103-57-43(90)50(34(81)21(8-67)98-57)108-59(58(92)93)4-17(75)27(63-26(77)12-71)47(107-59)31(78)18(76)5-64/h17-25,27-57,64-71,75-76,78-91H,4-13H2,1-3H3,(H,60,72)(H,61,73)(H,62,74)(H,63,77)(H,92,93)/t17-,18+,19+,20+,21+,22+,23+,24+,25+,27+,28+,29+,30+,31+,32+,33-,34-,35-,36+,37+,38+,39+,40+,41+,42+,43+,44+,45+,46+,47+,48-,49-,50-,51+,52+,53-,54-,55-,56-,57-,59-/m0/s1. The Morgan fingerprint density at radius 3 is 1.19 bits per heavy atom. The number of carboxylic acid groups (broad SMARTS) is 1. The second kappa shape index (κ2) is 38.7. The number of aliphatic hydroxyl groups is 24. The van der Waals surface area contributed by atoms with E-state index in [2.05, 4.69) is 21.3 Å². The number of aliphatic carboxylic acids is 1. The molecule has 0 bridgehead atoms. The quantitative estimate of drug-likeness (QED) is 0.0318. The van der Waals surface area contributed by atoms with Gasteiger partial charge in [-0.25, -0.2) is 4.79 Å². The molecule has 4 amide bonds. The zero-order chi connectivity index (χ0) is 80.0. The zero-order valence-corrected chi connectivity index (χ0v) is 57.5. The Bertz CT molecular complexity index is 2890. The van der Waals surface area contributed by atoms with Crippen LogP contribution in [0.2, 0.25) is 0 Å². The summed E-state index contributed by atoms with van der Waals surface area (Å²) in [5.41, 5.74) is 0. The number of carboxylic acids is 1. The zero-order valence-electron chi connectivity index (χ0n) is 57.5. The second-order valence-corrected chi connectivity index (χ2v) is 26.8. The smallest absolute Gasteiger partial charge is 0.364 e. The van der Waals surface area contributed by atoms with E-state index in [1.54, 1.807) is 0 Å². The summed E-state index contributed by atoms with van der Waals surface area (Å²) in [7, 11) is 0. The number of amides is 4. The molecule has 0 radical (unpaired) electrons. The molecule has 8 saturated heterocycles. The summed E-state index contributed by atoms with van der Waals surface area (Å²) in [5, 5.41) is 283. The van der Waals surface area contributed by atoms with Gasteiger partial charge >= 0.3 is 5.97 Å². The maximum absolute atomic E-state index is 13.2. The van der Waals surface area contributed by atoms with Crippen LogP contribution < -0.4 is 21.3 Å². The van der Waals surface area contributed by atoms with Crippen LogP contribution in [-0.2, 0) is 95.0 Å². The van der Waals surface area contributed by atoms with Crippen LogP contribution in [0.1, 0.15) is 27.2 Å². The lowest BCUT2D eigenvalue weighted by atomic mass is 9.88. The second-order valence-electron chi connectivity index (χ2n) is 26.8. The van der Waals surface area contributed by atoms with Crippen LogP contribution in [0.15, 0.2) is 0 Å². The molecule has 8 aliphatic heterocycles. The van der Waals surface area contributed by atoms with Gasteiger partial charge in [-0.15, -0.1) is 0 Å². The Labute approximate surface area is 609 Å². The minimum Gasteiger partial charge on any atom is -0.477 e. The van der Waals surface area contributed by atoms with Crippen molar-refractivity contribution in [3.63, 3.8) is 0 Å². The highest BCUT2D eigenvalue weighted by molar-refractivity contribution is 5.78. The van der Waals surface area contributed by atoms with E-state index in [-0.39, 0.29) is 0 Å². The SMILES string of the molecule is CC(=O)N[C@H]1[C@H](O[C@H]2[C@@H](O)[C@@H](CO)O[C@@H](O[C@H]3[C@H](O)[C@@H](O)[C@H](O)O[C@@H]3CO)[C@@H]2O)O[C@H](CO)[C@@H](O[C@@H]2O[C@H](CO[C@@H]3O[C@H](CO)[C@@H](O)[C@H](O)[C@H]3NC(C)=O)[C@H](O)[C@H](O[C@@H]3O[C@H](CO)[C@@H](O[C@@H]4O[C@H](CO)[C@H](O)[C@H](O[C@]5(C(=O)O)C[C@H](O)[C@@H](NC(=O)CO)[C@H]([C@H](O)[C@H](O)CO)O5)[C@H]4O)[C@H](O)[C@H]3NC(C)=O)[C@H]2O)[C@@H]1O. The topological polar surface area (TPSA) is 778 Å². The summed E-state index contributed by atoms with van der Waals surface area (Å²) < 4.78 is 87.2. The van der Waals surface area contributed by atoms with E-state index in [0.717, 1.165) is 20.8 Å². The van der Waals surface area contributed by atoms with Crippen LogP contribution >= 0.6 is 0 Å². The predicted octanol–water partition coefficient (Wildman–Crippen LogP) is -19.7. The van der Waals surface area contributed by atoms with Gasteiger partial charge in [-0.3, -0.25) is 19.2 Å². The van der Waals surface area contributed by atoms with E-state index >= 15 is 0 Å². The fourth-order valence-electron chi connectivity index (χ4n) is 13.7. The molecule has 8 rings (SSSR count). The lowest BCUT2D eigenvalue weighted by molar-refractivity contribution is -0.392. The first-order valence-electron chi connectivity index (χ1n) is 33.9. The van der Waals surface area contributed by atoms with Crippen LogP contribution in [0.4, 0.5) is 0 Å². The van der Waals surface area contributed by atoms with Crippen LogP contribution in [0.5, 0.6) is 0 Å². The number of carbonyl (C=O) groups excluding carboxylic acids is 4. The Morgan fingerprint density at radius 2 is 0.769 bits per heavy atom.